The Kier molecular flexibility index (Phi) is 17.2. The Morgan fingerprint density at radius 1 is 0.667 bits per heavy atom. The Balaban J connectivity index is 1.89. The van der Waals surface area contributed by atoms with Crippen LogP contribution in [0.5, 0.6) is 5.75 Å². The summed E-state index contributed by atoms with van der Waals surface area (Å²) in [5, 5.41) is 18.6. The van der Waals surface area contributed by atoms with Crippen LogP contribution in [-0.4, -0.2) is 102 Å². The lowest BCUT2D eigenvalue weighted by atomic mass is 9.86. The van der Waals surface area contributed by atoms with Gasteiger partial charge in [0.15, 0.2) is 0 Å². The van der Waals surface area contributed by atoms with Crippen molar-refractivity contribution in [3.05, 3.63) is 29.8 Å². The molecule has 0 aliphatic heterocycles. The molecular weight excluding hydrogens is 432 g/mol. The second-order valence-electron chi connectivity index (χ2n) is 8.18. The fourth-order valence-corrected chi connectivity index (χ4v) is 2.72. The summed E-state index contributed by atoms with van der Waals surface area (Å²) < 4.78 is 37.7. The zero-order valence-electron chi connectivity index (χ0n) is 20.3. The molecule has 0 saturated heterocycles. The number of benzene rings is 1. The van der Waals surface area contributed by atoms with Gasteiger partial charge in [-0.1, -0.05) is 39.0 Å². The minimum atomic E-state index is -1.04. The lowest BCUT2D eigenvalue weighted by Crippen LogP contribution is -2.25. The van der Waals surface area contributed by atoms with E-state index in [4.69, 9.17) is 38.3 Å². The Hall–Kier alpha value is -1.30. The monoisotopic (exact) mass is 474 g/mol. The first-order chi connectivity index (χ1) is 15.9. The van der Waals surface area contributed by atoms with E-state index < -0.39 is 6.29 Å². The highest BCUT2D eigenvalue weighted by atomic mass is 16.6. The van der Waals surface area contributed by atoms with Crippen molar-refractivity contribution in [1.82, 2.24) is 0 Å². The van der Waals surface area contributed by atoms with Gasteiger partial charge in [-0.15, -0.1) is 0 Å². The molecule has 9 nitrogen and oxygen atoms in total. The molecule has 9 heteroatoms. The summed E-state index contributed by atoms with van der Waals surface area (Å²) in [4.78, 5) is 0. The molecular formula is C24H42O9. The van der Waals surface area contributed by atoms with E-state index in [0.29, 0.717) is 78.4 Å². The van der Waals surface area contributed by atoms with Crippen LogP contribution < -0.4 is 4.74 Å². The molecule has 0 bridgehead atoms. The molecule has 0 aliphatic carbocycles. The zero-order chi connectivity index (χ0) is 24.2. The normalized spacial score (nSPS) is 12.8. The smallest absolute Gasteiger partial charge is 0.221 e. The molecule has 192 valence electrons. The third kappa shape index (κ3) is 16.0. The predicted octanol–water partition coefficient (Wildman–Crippen LogP) is 1.77. The number of ether oxygens (including phenoxy) is 7. The van der Waals surface area contributed by atoms with E-state index in [2.05, 4.69) is 20.8 Å². The van der Waals surface area contributed by atoms with Gasteiger partial charge in [-0.25, -0.2) is 0 Å². The standard InChI is InChI=1S/C24H42O9/c1-24(2,3)21-6-4-5-7-22(21)33-23(26)20-32-19-18-31-17-16-30-15-14-29-13-12-28-11-10-27-9-8-25/h4-7,23,25-26H,8-20H2,1-3H3. The molecule has 2 N–H and O–H groups in total. The number of hydrogen-bond donors (Lipinski definition) is 2. The predicted molar refractivity (Wildman–Crippen MR) is 124 cm³/mol. The molecule has 0 heterocycles. The van der Waals surface area contributed by atoms with Crippen LogP contribution in [0, 0.1) is 0 Å². The van der Waals surface area contributed by atoms with Crippen LogP contribution >= 0.6 is 0 Å². The first kappa shape index (κ1) is 29.7. The highest BCUT2D eigenvalue weighted by Gasteiger charge is 2.20. The van der Waals surface area contributed by atoms with Gasteiger partial charge in [0.05, 0.1) is 79.3 Å². The van der Waals surface area contributed by atoms with E-state index in [0.717, 1.165) is 5.56 Å². The quantitative estimate of drug-likeness (QED) is 0.204. The topological polar surface area (TPSA) is 105 Å². The van der Waals surface area contributed by atoms with Crippen LogP contribution in [0.1, 0.15) is 26.3 Å². The van der Waals surface area contributed by atoms with Gasteiger partial charge >= 0.3 is 0 Å². The molecule has 1 atom stereocenters. The second kappa shape index (κ2) is 19.1. The molecule has 0 spiro atoms. The summed E-state index contributed by atoms with van der Waals surface area (Å²) in [6.45, 7) is 11.3. The minimum absolute atomic E-state index is 0.0232. The average Bonchev–Trinajstić information content (AvgIpc) is 2.78. The van der Waals surface area contributed by atoms with Crippen molar-refractivity contribution < 1.29 is 43.4 Å². The highest BCUT2D eigenvalue weighted by molar-refractivity contribution is 5.38. The van der Waals surface area contributed by atoms with Gasteiger partial charge in [-0.05, 0) is 17.0 Å². The summed E-state index contributed by atoms with van der Waals surface area (Å²) in [6.07, 6.45) is -1.04. The van der Waals surface area contributed by atoms with Crippen molar-refractivity contribution in [2.45, 2.75) is 32.5 Å². The minimum Gasteiger partial charge on any atom is -0.462 e. The van der Waals surface area contributed by atoms with Gasteiger partial charge < -0.3 is 43.4 Å². The maximum Gasteiger partial charge on any atom is 0.221 e. The van der Waals surface area contributed by atoms with E-state index in [9.17, 15) is 5.11 Å². The first-order valence-electron chi connectivity index (χ1n) is 11.5. The molecule has 1 unspecified atom stereocenters. The average molecular weight is 475 g/mol. The maximum absolute atomic E-state index is 10.1. The Bertz CT molecular complexity index is 577. The fraction of sp³-hybridized carbons (Fsp3) is 0.750. The molecule has 1 aromatic carbocycles. The first-order valence-corrected chi connectivity index (χ1v) is 11.5. The molecule has 0 amide bonds. The highest BCUT2D eigenvalue weighted by Crippen LogP contribution is 2.31. The van der Waals surface area contributed by atoms with Gasteiger partial charge in [-0.2, -0.15) is 0 Å². The van der Waals surface area contributed by atoms with Gasteiger partial charge in [-0.3, -0.25) is 0 Å². The van der Waals surface area contributed by atoms with Crippen LogP contribution in [0.3, 0.4) is 0 Å². The lowest BCUT2D eigenvalue weighted by Gasteiger charge is -2.24. The molecule has 1 aromatic rings. The van der Waals surface area contributed by atoms with Crippen molar-refractivity contribution in [2.24, 2.45) is 0 Å². The van der Waals surface area contributed by atoms with Crippen molar-refractivity contribution >= 4 is 0 Å². The number of aliphatic hydroxyl groups excluding tert-OH is 2. The van der Waals surface area contributed by atoms with Crippen molar-refractivity contribution in [2.75, 3.05) is 85.9 Å². The molecule has 0 aliphatic rings. The molecule has 0 radical (unpaired) electrons. The summed E-state index contributed by atoms with van der Waals surface area (Å²) in [5.74, 6) is 0.662. The summed E-state index contributed by atoms with van der Waals surface area (Å²) in [5.41, 5.74) is 0.955. The van der Waals surface area contributed by atoms with E-state index in [1.807, 2.05) is 24.3 Å². The Morgan fingerprint density at radius 3 is 1.55 bits per heavy atom. The van der Waals surface area contributed by atoms with E-state index in [1.54, 1.807) is 0 Å². The van der Waals surface area contributed by atoms with Crippen molar-refractivity contribution in [3.63, 3.8) is 0 Å². The molecule has 33 heavy (non-hydrogen) atoms. The number of aliphatic hydroxyl groups is 2. The van der Waals surface area contributed by atoms with E-state index in [1.165, 1.54) is 0 Å². The molecule has 1 rings (SSSR count). The Morgan fingerprint density at radius 2 is 1.09 bits per heavy atom. The summed E-state index contributed by atoms with van der Waals surface area (Å²) >= 11 is 0. The number of para-hydroxylation sites is 1. The largest absolute Gasteiger partial charge is 0.462 e. The Labute approximate surface area is 197 Å². The summed E-state index contributed by atoms with van der Waals surface area (Å²) in [7, 11) is 0. The van der Waals surface area contributed by atoms with E-state index >= 15 is 0 Å². The van der Waals surface area contributed by atoms with Gasteiger partial charge in [0.1, 0.15) is 12.4 Å². The molecule has 0 aromatic heterocycles. The third-order valence-electron chi connectivity index (χ3n) is 4.31. The fourth-order valence-electron chi connectivity index (χ4n) is 2.72. The van der Waals surface area contributed by atoms with E-state index in [-0.39, 0.29) is 18.6 Å². The second-order valence-corrected chi connectivity index (χ2v) is 8.18. The maximum atomic E-state index is 10.1. The molecule has 0 saturated carbocycles. The number of hydrogen-bond acceptors (Lipinski definition) is 9. The van der Waals surface area contributed by atoms with Crippen LogP contribution in [-0.2, 0) is 33.8 Å². The van der Waals surface area contributed by atoms with Gasteiger partial charge in [0.2, 0.25) is 6.29 Å². The summed E-state index contributed by atoms with van der Waals surface area (Å²) in [6, 6.07) is 7.69. The van der Waals surface area contributed by atoms with Gasteiger partial charge in [0.25, 0.3) is 0 Å². The SMILES string of the molecule is CC(C)(C)c1ccccc1OC(O)COCCOCCOCCOCCOCCOCCO. The van der Waals surface area contributed by atoms with Gasteiger partial charge in [0, 0.05) is 0 Å². The lowest BCUT2D eigenvalue weighted by molar-refractivity contribution is -0.0865. The third-order valence-corrected chi connectivity index (χ3v) is 4.31. The van der Waals surface area contributed by atoms with Crippen LogP contribution in [0.4, 0.5) is 0 Å². The number of rotatable bonds is 21. The van der Waals surface area contributed by atoms with Crippen molar-refractivity contribution in [3.8, 4) is 5.75 Å². The molecule has 0 fully saturated rings. The van der Waals surface area contributed by atoms with Crippen LogP contribution in [0.25, 0.3) is 0 Å². The van der Waals surface area contributed by atoms with Crippen molar-refractivity contribution in [1.29, 1.82) is 0 Å². The van der Waals surface area contributed by atoms with Crippen LogP contribution in [0.15, 0.2) is 24.3 Å². The van der Waals surface area contributed by atoms with Crippen LogP contribution in [0.2, 0.25) is 0 Å². The zero-order valence-corrected chi connectivity index (χ0v) is 20.3.